The normalized spacial score (nSPS) is 20.0. The third kappa shape index (κ3) is 8.80. The van der Waals surface area contributed by atoms with Gasteiger partial charge in [-0.1, -0.05) is 6.07 Å². The minimum absolute atomic E-state index is 0.0543. The molecule has 2 aliphatic rings. The summed E-state index contributed by atoms with van der Waals surface area (Å²) in [6.07, 6.45) is 8.41. The van der Waals surface area contributed by atoms with E-state index in [0.717, 1.165) is 38.0 Å². The van der Waals surface area contributed by atoms with Gasteiger partial charge in [-0.2, -0.15) is 5.10 Å². The first-order valence-electron chi connectivity index (χ1n) is 14.1. The summed E-state index contributed by atoms with van der Waals surface area (Å²) >= 11 is 0. The van der Waals surface area contributed by atoms with E-state index in [4.69, 9.17) is 19.3 Å². The maximum absolute atomic E-state index is 12.7. The molecule has 2 aromatic heterocycles. The van der Waals surface area contributed by atoms with E-state index in [1.165, 1.54) is 6.20 Å². The van der Waals surface area contributed by atoms with E-state index in [2.05, 4.69) is 20.3 Å². The highest BCUT2D eigenvalue weighted by molar-refractivity contribution is 5.90. The molecule has 2 aromatic rings. The van der Waals surface area contributed by atoms with Gasteiger partial charge in [0.1, 0.15) is 0 Å². The lowest BCUT2D eigenvalue weighted by Gasteiger charge is -2.31. The summed E-state index contributed by atoms with van der Waals surface area (Å²) < 4.78 is 18.6. The summed E-state index contributed by atoms with van der Waals surface area (Å²) in [7, 11) is 1.72. The highest BCUT2D eigenvalue weighted by atomic mass is 16.5. The minimum Gasteiger partial charge on any atom is -0.478 e. The maximum atomic E-state index is 12.7. The zero-order valence-electron chi connectivity index (χ0n) is 23.5. The second kappa shape index (κ2) is 15.6. The van der Waals surface area contributed by atoms with Crippen LogP contribution >= 0.6 is 0 Å². The van der Waals surface area contributed by atoms with Crippen molar-refractivity contribution in [2.45, 2.75) is 31.3 Å². The van der Waals surface area contributed by atoms with Gasteiger partial charge in [-0.15, -0.1) is 0 Å². The number of pyridine rings is 1. The molecule has 2 fully saturated rings. The molecule has 0 saturated carbocycles. The van der Waals surface area contributed by atoms with Crippen LogP contribution in [0.15, 0.2) is 36.9 Å². The first-order valence-corrected chi connectivity index (χ1v) is 14.1. The molecule has 224 valence electrons. The second-order valence-electron chi connectivity index (χ2n) is 10.3. The van der Waals surface area contributed by atoms with Crippen LogP contribution in [0, 0.1) is 5.92 Å². The van der Waals surface area contributed by atoms with Gasteiger partial charge in [-0.05, 0) is 24.5 Å². The lowest BCUT2D eigenvalue weighted by Crippen LogP contribution is -2.37. The van der Waals surface area contributed by atoms with Gasteiger partial charge in [-0.3, -0.25) is 19.3 Å². The number of carbonyl (C=O) groups is 3. The Labute approximate surface area is 239 Å². The quantitative estimate of drug-likeness (QED) is 0.279. The Bertz CT molecular complexity index is 1120. The van der Waals surface area contributed by atoms with Gasteiger partial charge in [0.2, 0.25) is 11.8 Å². The molecular weight excluding hydrogens is 532 g/mol. The average molecular weight is 573 g/mol. The summed E-state index contributed by atoms with van der Waals surface area (Å²) in [5.74, 6) is -1.62. The molecular formula is C28H40N6O7. The van der Waals surface area contributed by atoms with E-state index in [9.17, 15) is 14.4 Å². The van der Waals surface area contributed by atoms with E-state index < -0.39 is 11.9 Å². The number of aromatic carboxylic acids is 1. The summed E-state index contributed by atoms with van der Waals surface area (Å²) in [6, 6.07) is 3.61. The second-order valence-corrected chi connectivity index (χ2v) is 10.3. The molecule has 13 nitrogen and oxygen atoms in total. The molecule has 4 heterocycles. The molecule has 0 spiro atoms. The Hall–Kier alpha value is -3.39. The highest BCUT2D eigenvalue weighted by Crippen LogP contribution is 2.36. The van der Waals surface area contributed by atoms with Crippen LogP contribution in [0.1, 0.15) is 47.3 Å². The standard InChI is InChI=1S/C28H40N6O7/c1-32-25(35)17-24(26(32)21-3-2-6-29-18-21)27(36)30-7-11-39-13-15-41-16-14-40-12-10-33-8-4-23(5-9-33)34-20-22(19-31-34)28(37)38/h2-3,6,18-20,23-24,26H,4-5,7-17H2,1H3,(H,30,36)(H,37,38)/t24-,26+/m0/s1. The van der Waals surface area contributed by atoms with Gasteiger partial charge < -0.3 is 34.4 Å². The van der Waals surface area contributed by atoms with Crippen LogP contribution in [0.2, 0.25) is 0 Å². The molecule has 41 heavy (non-hydrogen) atoms. The maximum Gasteiger partial charge on any atom is 0.338 e. The molecule has 13 heteroatoms. The number of amides is 2. The predicted molar refractivity (Wildman–Crippen MR) is 147 cm³/mol. The van der Waals surface area contributed by atoms with Crippen molar-refractivity contribution in [1.29, 1.82) is 0 Å². The van der Waals surface area contributed by atoms with Crippen molar-refractivity contribution in [3.63, 3.8) is 0 Å². The third-order valence-corrected chi connectivity index (χ3v) is 7.57. The average Bonchev–Trinajstić information content (AvgIpc) is 3.59. The molecule has 0 unspecified atom stereocenters. The number of hydrogen-bond donors (Lipinski definition) is 2. The molecule has 0 aliphatic carbocycles. The highest BCUT2D eigenvalue weighted by Gasteiger charge is 2.42. The van der Waals surface area contributed by atoms with Crippen molar-refractivity contribution >= 4 is 17.8 Å². The van der Waals surface area contributed by atoms with E-state index in [1.807, 2.05) is 6.07 Å². The number of carbonyl (C=O) groups excluding carboxylic acids is 2. The van der Waals surface area contributed by atoms with E-state index in [1.54, 1.807) is 41.3 Å². The summed E-state index contributed by atoms with van der Waals surface area (Å²) in [6.45, 7) is 5.86. The molecule has 2 saturated heterocycles. The van der Waals surface area contributed by atoms with Gasteiger partial charge in [-0.25, -0.2) is 4.79 Å². The molecule has 2 N–H and O–H groups in total. The number of carboxylic acid groups (broad SMARTS) is 1. The number of piperidine rings is 1. The smallest absolute Gasteiger partial charge is 0.338 e. The summed E-state index contributed by atoms with van der Waals surface area (Å²) in [4.78, 5) is 44.1. The molecule has 0 bridgehead atoms. The van der Waals surface area contributed by atoms with Crippen molar-refractivity contribution in [1.82, 2.24) is 29.9 Å². The Morgan fingerprint density at radius 2 is 1.76 bits per heavy atom. The fourth-order valence-electron chi connectivity index (χ4n) is 5.28. The Kier molecular flexibility index (Phi) is 11.6. The van der Waals surface area contributed by atoms with E-state index in [-0.39, 0.29) is 35.9 Å². The number of nitrogens with zero attached hydrogens (tertiary/aromatic N) is 5. The van der Waals surface area contributed by atoms with Crippen LogP contribution in [-0.4, -0.2) is 120 Å². The van der Waals surface area contributed by atoms with Crippen LogP contribution in [0.3, 0.4) is 0 Å². The van der Waals surface area contributed by atoms with Crippen molar-refractivity contribution in [2.75, 3.05) is 72.9 Å². The van der Waals surface area contributed by atoms with Crippen molar-refractivity contribution < 1.29 is 33.7 Å². The molecule has 2 amide bonds. The summed E-state index contributed by atoms with van der Waals surface area (Å²) in [5, 5.41) is 16.1. The van der Waals surface area contributed by atoms with Gasteiger partial charge in [0, 0.05) is 58.2 Å². The number of likely N-dealkylation sites (tertiary alicyclic amines) is 2. The van der Waals surface area contributed by atoms with Gasteiger partial charge in [0.15, 0.2) is 0 Å². The monoisotopic (exact) mass is 572 g/mol. The lowest BCUT2D eigenvalue weighted by atomic mass is 9.94. The van der Waals surface area contributed by atoms with Crippen LogP contribution in [0.5, 0.6) is 0 Å². The van der Waals surface area contributed by atoms with Gasteiger partial charge in [0.25, 0.3) is 0 Å². The molecule has 4 rings (SSSR count). The summed E-state index contributed by atoms with van der Waals surface area (Å²) in [5.41, 5.74) is 1.07. The first kappa shape index (κ1) is 30.6. The van der Waals surface area contributed by atoms with E-state index in [0.29, 0.717) is 46.2 Å². The Morgan fingerprint density at radius 1 is 1.05 bits per heavy atom. The number of aromatic nitrogens is 3. The molecule has 0 radical (unpaired) electrons. The van der Waals surface area contributed by atoms with Gasteiger partial charge in [0.05, 0.1) is 69.4 Å². The SMILES string of the molecule is CN1C(=O)C[C@H](C(=O)NCCOCCOCCOCCN2CCC(n3cc(C(=O)O)cn3)CC2)[C@H]1c1cccnc1. The number of ether oxygens (including phenoxy) is 3. The fourth-order valence-corrected chi connectivity index (χ4v) is 5.28. The van der Waals surface area contributed by atoms with E-state index >= 15 is 0 Å². The van der Waals surface area contributed by atoms with Crippen LogP contribution < -0.4 is 5.32 Å². The lowest BCUT2D eigenvalue weighted by molar-refractivity contribution is -0.128. The van der Waals surface area contributed by atoms with Crippen LogP contribution in [0.25, 0.3) is 0 Å². The number of hydrogen-bond acceptors (Lipinski definition) is 9. The number of carboxylic acids is 1. The first-order chi connectivity index (χ1) is 19.9. The van der Waals surface area contributed by atoms with Crippen LogP contribution in [-0.2, 0) is 23.8 Å². The number of rotatable bonds is 16. The largest absolute Gasteiger partial charge is 0.478 e. The molecule has 0 aromatic carbocycles. The third-order valence-electron chi connectivity index (χ3n) is 7.57. The predicted octanol–water partition coefficient (Wildman–Crippen LogP) is 0.999. The topological polar surface area (TPSA) is 148 Å². The molecule has 2 atom stereocenters. The van der Waals surface area contributed by atoms with Crippen molar-refractivity contribution in [3.8, 4) is 0 Å². The van der Waals surface area contributed by atoms with Crippen LogP contribution in [0.4, 0.5) is 0 Å². The Balaban J connectivity index is 0.972. The van der Waals surface area contributed by atoms with Gasteiger partial charge >= 0.3 is 5.97 Å². The minimum atomic E-state index is -0.952. The fraction of sp³-hybridized carbons (Fsp3) is 0.607. The zero-order chi connectivity index (χ0) is 29.0. The Morgan fingerprint density at radius 3 is 2.41 bits per heavy atom. The van der Waals surface area contributed by atoms with Crippen molar-refractivity contribution in [3.05, 3.63) is 48.0 Å². The number of nitrogens with one attached hydrogen (secondary N) is 1. The zero-order valence-corrected chi connectivity index (χ0v) is 23.5. The van der Waals surface area contributed by atoms with Crippen molar-refractivity contribution in [2.24, 2.45) is 5.92 Å². The molecule has 2 aliphatic heterocycles.